The molecule has 0 aliphatic heterocycles. The Labute approximate surface area is 120 Å². The molecule has 2 unspecified atom stereocenters. The van der Waals surface area contributed by atoms with Crippen molar-refractivity contribution in [3.05, 3.63) is 48.3 Å². The van der Waals surface area contributed by atoms with Crippen molar-refractivity contribution in [2.24, 2.45) is 5.92 Å². The van der Waals surface area contributed by atoms with Crippen molar-refractivity contribution in [2.75, 3.05) is 0 Å². The molecule has 2 aromatic rings. The molecule has 2 atom stereocenters. The van der Waals surface area contributed by atoms with Crippen molar-refractivity contribution in [3.63, 3.8) is 0 Å². The van der Waals surface area contributed by atoms with Gasteiger partial charge >= 0.3 is 5.97 Å². The van der Waals surface area contributed by atoms with Crippen LogP contribution in [0.5, 0.6) is 0 Å². The fraction of sp³-hybridized carbons (Fsp3) is 0.200. The molecular weight excluding hydrogens is 270 g/mol. The zero-order valence-electron chi connectivity index (χ0n) is 11.1. The fourth-order valence-electron chi connectivity index (χ4n) is 2.30. The van der Waals surface area contributed by atoms with Gasteiger partial charge in [-0.25, -0.2) is 4.98 Å². The zero-order valence-corrected chi connectivity index (χ0v) is 11.1. The fourth-order valence-corrected chi connectivity index (χ4v) is 2.30. The number of hydrogen-bond acceptors (Lipinski definition) is 4. The summed E-state index contributed by atoms with van der Waals surface area (Å²) in [4.78, 5) is 31.4. The summed E-state index contributed by atoms with van der Waals surface area (Å²) in [7, 11) is 0. The summed E-state index contributed by atoms with van der Waals surface area (Å²) in [5.74, 6) is -1.78. The van der Waals surface area contributed by atoms with Gasteiger partial charge in [0.1, 0.15) is 5.69 Å². The highest BCUT2D eigenvalue weighted by Gasteiger charge is 2.25. The van der Waals surface area contributed by atoms with Gasteiger partial charge in [0.15, 0.2) is 0 Å². The Morgan fingerprint density at radius 3 is 2.67 bits per heavy atom. The lowest BCUT2D eigenvalue weighted by Crippen LogP contribution is -2.33. The van der Waals surface area contributed by atoms with E-state index in [4.69, 9.17) is 5.11 Å². The molecule has 0 saturated heterocycles. The monoisotopic (exact) mass is 283 g/mol. The predicted octanol–water partition coefficient (Wildman–Crippen LogP) is 1.39. The van der Waals surface area contributed by atoms with Crippen LogP contribution >= 0.6 is 0 Å². The first-order chi connectivity index (χ1) is 10.1. The summed E-state index contributed by atoms with van der Waals surface area (Å²) in [5.41, 5.74) is 1.59. The van der Waals surface area contributed by atoms with Gasteiger partial charge in [-0.15, -0.1) is 0 Å². The number of carbonyl (C=O) groups excluding carboxylic acids is 1. The van der Waals surface area contributed by atoms with Crippen LogP contribution in [0.2, 0.25) is 0 Å². The molecule has 0 fully saturated rings. The second kappa shape index (κ2) is 5.32. The smallest absolute Gasteiger partial charge is 0.310 e. The van der Waals surface area contributed by atoms with Crippen LogP contribution in [-0.4, -0.2) is 33.0 Å². The Kier molecular flexibility index (Phi) is 3.35. The van der Waals surface area contributed by atoms with Gasteiger partial charge in [-0.1, -0.05) is 24.3 Å². The number of aromatic nitrogens is 2. The number of carboxylic acid groups (broad SMARTS) is 1. The number of rotatable bonds is 3. The average molecular weight is 283 g/mol. The van der Waals surface area contributed by atoms with E-state index < -0.39 is 11.9 Å². The van der Waals surface area contributed by atoms with Crippen molar-refractivity contribution in [1.29, 1.82) is 0 Å². The van der Waals surface area contributed by atoms with Gasteiger partial charge < -0.3 is 10.4 Å². The first-order valence-corrected chi connectivity index (χ1v) is 6.57. The number of fused-ring (bicyclic) bond motifs is 1. The number of hydrogen-bond donors (Lipinski definition) is 2. The highest BCUT2D eigenvalue weighted by atomic mass is 16.4. The Bertz CT molecular complexity index is 742. The van der Waals surface area contributed by atoms with Crippen LogP contribution in [0.15, 0.2) is 42.6 Å². The van der Waals surface area contributed by atoms with Crippen molar-refractivity contribution in [1.82, 2.24) is 15.3 Å². The molecule has 1 aromatic carbocycles. The zero-order chi connectivity index (χ0) is 14.8. The van der Waals surface area contributed by atoms with Gasteiger partial charge in [-0.05, 0) is 18.6 Å². The van der Waals surface area contributed by atoms with E-state index in [2.05, 4.69) is 15.3 Å². The molecule has 6 heteroatoms. The molecule has 1 aliphatic rings. The standard InChI is InChI=1S/C15H13N3O3/c19-14(17-10-6-5-9(7-10)15(20)21)13-8-16-11-3-1-2-4-12(11)18-13/h1-6,8-10H,7H2,(H,17,19)(H,20,21). The third-order valence-corrected chi connectivity index (χ3v) is 3.40. The van der Waals surface area contributed by atoms with E-state index in [0.717, 1.165) is 5.52 Å². The number of carboxylic acids is 1. The molecule has 6 nitrogen and oxygen atoms in total. The summed E-state index contributed by atoms with van der Waals surface area (Å²) in [6.07, 6.45) is 5.08. The number of para-hydroxylation sites is 2. The van der Waals surface area contributed by atoms with Gasteiger partial charge in [0, 0.05) is 6.04 Å². The molecular formula is C15H13N3O3. The highest BCUT2D eigenvalue weighted by Crippen LogP contribution is 2.18. The molecule has 21 heavy (non-hydrogen) atoms. The SMILES string of the molecule is O=C(NC1C=CC(C(=O)O)C1)c1cnc2ccccc2n1. The summed E-state index contributed by atoms with van der Waals surface area (Å²) < 4.78 is 0. The Hall–Kier alpha value is -2.76. The number of nitrogens with one attached hydrogen (secondary N) is 1. The molecule has 0 spiro atoms. The quantitative estimate of drug-likeness (QED) is 0.830. The molecule has 1 aromatic heterocycles. The van der Waals surface area contributed by atoms with Crippen LogP contribution in [0.25, 0.3) is 11.0 Å². The summed E-state index contributed by atoms with van der Waals surface area (Å²) >= 11 is 0. The van der Waals surface area contributed by atoms with E-state index in [1.54, 1.807) is 18.2 Å². The minimum absolute atomic E-state index is 0.223. The van der Waals surface area contributed by atoms with Crippen LogP contribution < -0.4 is 5.32 Å². The first-order valence-electron chi connectivity index (χ1n) is 6.57. The van der Waals surface area contributed by atoms with Crippen molar-refractivity contribution < 1.29 is 14.7 Å². The number of amides is 1. The number of aliphatic carboxylic acids is 1. The molecule has 2 N–H and O–H groups in total. The lowest BCUT2D eigenvalue weighted by atomic mass is 10.1. The van der Waals surface area contributed by atoms with Crippen LogP contribution in [0.1, 0.15) is 16.9 Å². The number of carbonyl (C=O) groups is 2. The summed E-state index contributed by atoms with van der Waals surface area (Å²) in [6, 6.07) is 7.00. The van der Waals surface area contributed by atoms with E-state index in [1.165, 1.54) is 6.20 Å². The molecule has 106 valence electrons. The summed E-state index contributed by atoms with van der Waals surface area (Å²) in [5, 5.41) is 11.7. The molecule has 0 saturated carbocycles. The largest absolute Gasteiger partial charge is 0.481 e. The number of nitrogens with zero attached hydrogens (tertiary/aromatic N) is 2. The molecule has 0 bridgehead atoms. The lowest BCUT2D eigenvalue weighted by Gasteiger charge is -2.11. The predicted molar refractivity (Wildman–Crippen MR) is 75.7 cm³/mol. The molecule has 3 rings (SSSR count). The van der Waals surface area contributed by atoms with Crippen LogP contribution in [0.3, 0.4) is 0 Å². The van der Waals surface area contributed by atoms with Gasteiger partial charge in [-0.2, -0.15) is 0 Å². The molecule has 1 heterocycles. The molecule has 0 radical (unpaired) electrons. The van der Waals surface area contributed by atoms with Crippen molar-refractivity contribution in [2.45, 2.75) is 12.5 Å². The summed E-state index contributed by atoms with van der Waals surface area (Å²) in [6.45, 7) is 0. The van der Waals surface area contributed by atoms with Gasteiger partial charge in [-0.3, -0.25) is 14.6 Å². The minimum Gasteiger partial charge on any atom is -0.481 e. The van der Waals surface area contributed by atoms with Crippen molar-refractivity contribution >= 4 is 22.9 Å². The van der Waals surface area contributed by atoms with E-state index in [1.807, 2.05) is 18.2 Å². The highest BCUT2D eigenvalue weighted by molar-refractivity contribution is 5.94. The average Bonchev–Trinajstić information content (AvgIpc) is 2.95. The Morgan fingerprint density at radius 1 is 1.19 bits per heavy atom. The van der Waals surface area contributed by atoms with E-state index in [9.17, 15) is 9.59 Å². The van der Waals surface area contributed by atoms with E-state index in [-0.39, 0.29) is 17.6 Å². The normalized spacial score (nSPS) is 20.6. The lowest BCUT2D eigenvalue weighted by molar-refractivity contribution is -0.140. The third-order valence-electron chi connectivity index (χ3n) is 3.40. The topological polar surface area (TPSA) is 92.2 Å². The maximum Gasteiger partial charge on any atom is 0.310 e. The third kappa shape index (κ3) is 2.74. The second-order valence-electron chi connectivity index (χ2n) is 4.89. The Balaban J connectivity index is 1.73. The molecule has 1 aliphatic carbocycles. The molecule has 1 amide bonds. The van der Waals surface area contributed by atoms with Gasteiger partial charge in [0.05, 0.1) is 23.1 Å². The first kappa shape index (κ1) is 13.2. The van der Waals surface area contributed by atoms with Gasteiger partial charge in [0.2, 0.25) is 0 Å². The van der Waals surface area contributed by atoms with E-state index in [0.29, 0.717) is 11.9 Å². The Morgan fingerprint density at radius 2 is 1.95 bits per heavy atom. The second-order valence-corrected chi connectivity index (χ2v) is 4.89. The number of benzene rings is 1. The maximum atomic E-state index is 12.1. The van der Waals surface area contributed by atoms with E-state index >= 15 is 0 Å². The van der Waals surface area contributed by atoms with Crippen LogP contribution in [0, 0.1) is 5.92 Å². The van der Waals surface area contributed by atoms with Crippen molar-refractivity contribution in [3.8, 4) is 0 Å². The van der Waals surface area contributed by atoms with Crippen LogP contribution in [-0.2, 0) is 4.79 Å². The van der Waals surface area contributed by atoms with Crippen LogP contribution in [0.4, 0.5) is 0 Å². The maximum absolute atomic E-state index is 12.1. The van der Waals surface area contributed by atoms with Gasteiger partial charge in [0.25, 0.3) is 5.91 Å². The minimum atomic E-state index is -0.881.